The summed E-state index contributed by atoms with van der Waals surface area (Å²) in [5, 5.41) is 8.20. The number of benzene rings is 2. The first-order valence-electron chi connectivity index (χ1n) is 9.14. The Kier molecular flexibility index (Phi) is 5.54. The van der Waals surface area contributed by atoms with E-state index in [1.54, 1.807) is 42.7 Å². The minimum atomic E-state index is -0.709. The molecule has 0 aliphatic heterocycles. The summed E-state index contributed by atoms with van der Waals surface area (Å²) in [4.78, 5) is 29.4. The highest BCUT2D eigenvalue weighted by molar-refractivity contribution is 6.33. The number of hydrogen-bond acceptors (Lipinski definition) is 4. The normalized spacial score (nSPS) is 10.9. The molecule has 8 heteroatoms. The molecule has 150 valence electrons. The highest BCUT2D eigenvalue weighted by atomic mass is 35.5. The van der Waals surface area contributed by atoms with Crippen molar-refractivity contribution in [1.82, 2.24) is 20.1 Å². The van der Waals surface area contributed by atoms with Gasteiger partial charge in [-0.25, -0.2) is 9.07 Å². The van der Waals surface area contributed by atoms with Crippen LogP contribution in [-0.4, -0.2) is 20.7 Å². The van der Waals surface area contributed by atoms with Gasteiger partial charge in [-0.1, -0.05) is 41.9 Å². The Morgan fingerprint density at radius 3 is 2.60 bits per heavy atom. The minimum absolute atomic E-state index is 0.00265. The van der Waals surface area contributed by atoms with Gasteiger partial charge in [0.1, 0.15) is 5.82 Å². The van der Waals surface area contributed by atoms with E-state index >= 15 is 0 Å². The summed E-state index contributed by atoms with van der Waals surface area (Å²) in [5.74, 6) is -1.37. The fourth-order valence-electron chi connectivity index (χ4n) is 3.17. The average Bonchev–Trinajstić information content (AvgIpc) is 2.75. The standard InChI is InChI=1S/C22H16ClFN4O2/c23-17-8-3-9-18(24)20(17)21(29)26-12-19-15-6-1-2-7-16(15)22(30)28(27-19)13-14-5-4-10-25-11-14/h1-11H,12-13H2,(H,26,29). The van der Waals surface area contributed by atoms with Crippen LogP contribution in [0.2, 0.25) is 5.02 Å². The van der Waals surface area contributed by atoms with E-state index in [0.717, 1.165) is 5.56 Å². The van der Waals surface area contributed by atoms with Crippen molar-refractivity contribution >= 4 is 28.3 Å². The molecular formula is C22H16ClFN4O2. The maximum absolute atomic E-state index is 14.0. The quantitative estimate of drug-likeness (QED) is 0.533. The monoisotopic (exact) mass is 422 g/mol. The van der Waals surface area contributed by atoms with Gasteiger partial charge in [0, 0.05) is 17.8 Å². The molecule has 0 atom stereocenters. The van der Waals surface area contributed by atoms with Gasteiger partial charge in [-0.05, 0) is 29.8 Å². The van der Waals surface area contributed by atoms with E-state index in [0.29, 0.717) is 16.5 Å². The van der Waals surface area contributed by atoms with Crippen LogP contribution in [0.4, 0.5) is 4.39 Å². The largest absolute Gasteiger partial charge is 0.346 e. The molecule has 0 saturated carbocycles. The molecule has 0 aliphatic carbocycles. The van der Waals surface area contributed by atoms with Crippen molar-refractivity contribution in [3.05, 3.63) is 105 Å². The third kappa shape index (κ3) is 3.92. The average molecular weight is 423 g/mol. The number of halogens is 2. The maximum atomic E-state index is 14.0. The predicted molar refractivity (Wildman–Crippen MR) is 112 cm³/mol. The first kappa shape index (κ1) is 19.7. The van der Waals surface area contributed by atoms with Crippen molar-refractivity contribution in [3.63, 3.8) is 0 Å². The maximum Gasteiger partial charge on any atom is 0.274 e. The molecular weight excluding hydrogens is 407 g/mol. The zero-order chi connectivity index (χ0) is 21.1. The predicted octanol–water partition coefficient (Wildman–Crippen LogP) is 3.56. The van der Waals surface area contributed by atoms with Gasteiger partial charge < -0.3 is 5.32 Å². The van der Waals surface area contributed by atoms with Crippen molar-refractivity contribution in [3.8, 4) is 0 Å². The zero-order valence-electron chi connectivity index (χ0n) is 15.7. The lowest BCUT2D eigenvalue weighted by Crippen LogP contribution is -2.29. The number of carbonyl (C=O) groups is 1. The van der Waals surface area contributed by atoms with E-state index in [-0.39, 0.29) is 29.2 Å². The number of rotatable bonds is 5. The first-order chi connectivity index (χ1) is 14.5. The van der Waals surface area contributed by atoms with Crippen LogP contribution in [0, 0.1) is 5.82 Å². The first-order valence-corrected chi connectivity index (χ1v) is 9.52. The van der Waals surface area contributed by atoms with E-state index in [1.807, 2.05) is 6.07 Å². The Morgan fingerprint density at radius 1 is 1.07 bits per heavy atom. The molecule has 0 radical (unpaired) electrons. The van der Waals surface area contributed by atoms with Gasteiger partial charge in [-0.2, -0.15) is 5.10 Å². The number of hydrogen-bond donors (Lipinski definition) is 1. The van der Waals surface area contributed by atoms with Crippen LogP contribution < -0.4 is 10.9 Å². The van der Waals surface area contributed by atoms with Crippen LogP contribution in [0.3, 0.4) is 0 Å². The molecule has 2 aromatic heterocycles. The summed E-state index contributed by atoms with van der Waals surface area (Å²) >= 11 is 5.97. The molecule has 6 nitrogen and oxygen atoms in total. The van der Waals surface area contributed by atoms with E-state index in [9.17, 15) is 14.0 Å². The molecule has 0 bridgehead atoms. The van der Waals surface area contributed by atoms with E-state index in [4.69, 9.17) is 11.6 Å². The van der Waals surface area contributed by atoms with Crippen LogP contribution in [-0.2, 0) is 13.1 Å². The van der Waals surface area contributed by atoms with Gasteiger partial charge in [0.2, 0.25) is 0 Å². The molecule has 2 aromatic carbocycles. The highest BCUT2D eigenvalue weighted by Crippen LogP contribution is 2.19. The van der Waals surface area contributed by atoms with Crippen molar-refractivity contribution in [2.75, 3.05) is 0 Å². The Hall–Kier alpha value is -3.58. The molecule has 0 spiro atoms. The summed E-state index contributed by atoms with van der Waals surface area (Å²) < 4.78 is 15.4. The Balaban J connectivity index is 1.69. The zero-order valence-corrected chi connectivity index (χ0v) is 16.4. The SMILES string of the molecule is O=C(NCc1nn(Cc2cccnc2)c(=O)c2ccccc12)c1c(F)cccc1Cl. The summed E-state index contributed by atoms with van der Waals surface area (Å²) in [6, 6.07) is 14.7. The minimum Gasteiger partial charge on any atom is -0.346 e. The molecule has 0 saturated heterocycles. The Bertz CT molecular complexity index is 1270. The van der Waals surface area contributed by atoms with E-state index < -0.39 is 11.7 Å². The molecule has 1 N–H and O–H groups in total. The van der Waals surface area contributed by atoms with Crippen LogP contribution in [0.1, 0.15) is 21.6 Å². The van der Waals surface area contributed by atoms with Crippen molar-refractivity contribution < 1.29 is 9.18 Å². The molecule has 4 aromatic rings. The van der Waals surface area contributed by atoms with Gasteiger partial charge in [0.05, 0.1) is 34.8 Å². The summed E-state index contributed by atoms with van der Waals surface area (Å²) in [7, 11) is 0. The molecule has 1 amide bonds. The van der Waals surface area contributed by atoms with Crippen molar-refractivity contribution in [2.45, 2.75) is 13.1 Å². The lowest BCUT2D eigenvalue weighted by atomic mass is 10.1. The van der Waals surface area contributed by atoms with Gasteiger partial charge >= 0.3 is 0 Å². The van der Waals surface area contributed by atoms with E-state index in [2.05, 4.69) is 15.4 Å². The van der Waals surface area contributed by atoms with Crippen molar-refractivity contribution in [1.29, 1.82) is 0 Å². The number of carbonyl (C=O) groups excluding carboxylic acids is 1. The number of aromatic nitrogens is 3. The van der Waals surface area contributed by atoms with Crippen LogP contribution in [0.25, 0.3) is 10.8 Å². The fourth-order valence-corrected chi connectivity index (χ4v) is 3.42. The lowest BCUT2D eigenvalue weighted by Gasteiger charge is -2.12. The number of nitrogens with one attached hydrogen (secondary N) is 1. The summed E-state index contributed by atoms with van der Waals surface area (Å²) in [5.41, 5.74) is 0.819. The molecule has 0 fully saturated rings. The molecule has 0 aliphatic rings. The molecule has 4 rings (SSSR count). The van der Waals surface area contributed by atoms with E-state index in [1.165, 1.54) is 22.9 Å². The Labute approximate surface area is 176 Å². The summed E-state index contributed by atoms with van der Waals surface area (Å²) in [6.07, 6.45) is 3.31. The van der Waals surface area contributed by atoms with Crippen LogP contribution in [0.5, 0.6) is 0 Å². The molecule has 0 unspecified atom stereocenters. The third-order valence-electron chi connectivity index (χ3n) is 4.61. The highest BCUT2D eigenvalue weighted by Gasteiger charge is 2.17. The van der Waals surface area contributed by atoms with Crippen LogP contribution >= 0.6 is 11.6 Å². The number of fused-ring (bicyclic) bond motifs is 1. The third-order valence-corrected chi connectivity index (χ3v) is 4.92. The number of pyridine rings is 1. The van der Waals surface area contributed by atoms with Gasteiger partial charge in [-0.3, -0.25) is 14.6 Å². The molecule has 2 heterocycles. The summed E-state index contributed by atoms with van der Waals surface area (Å²) in [6.45, 7) is 0.231. The second-order valence-corrected chi connectivity index (χ2v) is 7.00. The topological polar surface area (TPSA) is 76.9 Å². The smallest absolute Gasteiger partial charge is 0.274 e. The van der Waals surface area contributed by atoms with Gasteiger partial charge in [-0.15, -0.1) is 0 Å². The number of amides is 1. The Morgan fingerprint density at radius 2 is 1.87 bits per heavy atom. The fraction of sp³-hybridized carbons (Fsp3) is 0.0909. The van der Waals surface area contributed by atoms with Gasteiger partial charge in [0.15, 0.2) is 0 Å². The molecule has 30 heavy (non-hydrogen) atoms. The lowest BCUT2D eigenvalue weighted by molar-refractivity contribution is 0.0946. The van der Waals surface area contributed by atoms with Crippen molar-refractivity contribution in [2.24, 2.45) is 0 Å². The second-order valence-electron chi connectivity index (χ2n) is 6.60. The van der Waals surface area contributed by atoms with Gasteiger partial charge in [0.25, 0.3) is 11.5 Å². The number of nitrogens with zero attached hydrogens (tertiary/aromatic N) is 3. The second kappa shape index (κ2) is 8.42. The van der Waals surface area contributed by atoms with Crippen LogP contribution in [0.15, 0.2) is 71.8 Å².